The van der Waals surface area contributed by atoms with E-state index in [-0.39, 0.29) is 0 Å². The lowest BCUT2D eigenvalue weighted by Crippen LogP contribution is -2.59. The van der Waals surface area contributed by atoms with E-state index in [4.69, 9.17) is 4.74 Å². The molecule has 0 aliphatic carbocycles. The van der Waals surface area contributed by atoms with E-state index in [0.29, 0.717) is 44.2 Å². The molecule has 0 saturated carbocycles. The average molecular weight is 348 g/mol. The van der Waals surface area contributed by atoms with Gasteiger partial charge in [0.2, 0.25) is 0 Å². The topological polar surface area (TPSA) is 53.1 Å². The van der Waals surface area contributed by atoms with E-state index in [1.165, 1.54) is 0 Å². The van der Waals surface area contributed by atoms with Crippen LogP contribution < -0.4 is 0 Å². The summed E-state index contributed by atoms with van der Waals surface area (Å²) in [5.41, 5.74) is 0. The molecule has 0 spiro atoms. The third-order valence-electron chi connectivity index (χ3n) is 5.25. The summed E-state index contributed by atoms with van der Waals surface area (Å²) < 4.78 is 34.5. The van der Waals surface area contributed by atoms with Gasteiger partial charge < -0.3 is 4.74 Å². The van der Waals surface area contributed by atoms with Crippen molar-refractivity contribution in [3.8, 4) is 0 Å². The average Bonchev–Trinajstić information content (AvgIpc) is 2.55. The van der Waals surface area contributed by atoms with Crippen molar-refractivity contribution in [1.29, 1.82) is 0 Å². The lowest BCUT2D eigenvalue weighted by molar-refractivity contribution is 0.0792. The molecule has 136 valence electrons. The summed E-state index contributed by atoms with van der Waals surface area (Å²) in [7, 11) is -1.61. The molecule has 2 rings (SSSR count). The molecule has 0 bridgehead atoms. The van der Waals surface area contributed by atoms with Crippen LogP contribution in [0.2, 0.25) is 0 Å². The Kier molecular flexibility index (Phi) is 6.86. The van der Waals surface area contributed by atoms with Crippen molar-refractivity contribution in [3.63, 3.8) is 0 Å². The molecule has 2 fully saturated rings. The minimum absolute atomic E-state index is 0.324. The fourth-order valence-electron chi connectivity index (χ4n) is 3.80. The first kappa shape index (κ1) is 19.1. The Morgan fingerprint density at radius 3 is 2.26 bits per heavy atom. The van der Waals surface area contributed by atoms with Crippen LogP contribution in [0, 0.1) is 5.92 Å². The molecule has 2 saturated heterocycles. The molecule has 0 aromatic rings. The van der Waals surface area contributed by atoms with E-state index in [1.807, 2.05) is 0 Å². The Balaban J connectivity index is 1.98. The van der Waals surface area contributed by atoms with Crippen LogP contribution >= 0.6 is 0 Å². The summed E-state index contributed by atoms with van der Waals surface area (Å²) in [6.07, 6.45) is 2.78. The Morgan fingerprint density at radius 2 is 1.74 bits per heavy atom. The van der Waals surface area contributed by atoms with Crippen LogP contribution in [-0.2, 0) is 14.9 Å². The Bertz CT molecular complexity index is 461. The van der Waals surface area contributed by atoms with Crippen molar-refractivity contribution < 1.29 is 13.2 Å². The molecule has 23 heavy (non-hydrogen) atoms. The van der Waals surface area contributed by atoms with Gasteiger partial charge in [0.05, 0.1) is 0 Å². The summed E-state index contributed by atoms with van der Waals surface area (Å²) in [5, 5.41) is 0. The second-order valence-electron chi connectivity index (χ2n) is 7.06. The number of hydrogen-bond donors (Lipinski definition) is 0. The van der Waals surface area contributed by atoms with Crippen LogP contribution in [0.1, 0.15) is 40.0 Å². The maximum atomic E-state index is 12.9. The van der Waals surface area contributed by atoms with Crippen LogP contribution in [0.3, 0.4) is 0 Å². The molecule has 0 aromatic heterocycles. The molecular formula is C16H33N3O3S. The van der Waals surface area contributed by atoms with Gasteiger partial charge >= 0.3 is 0 Å². The van der Waals surface area contributed by atoms with Gasteiger partial charge in [-0.1, -0.05) is 6.92 Å². The second-order valence-corrected chi connectivity index (χ2v) is 8.99. The number of rotatable bonds is 6. The fourth-order valence-corrected chi connectivity index (χ4v) is 5.47. The molecular weight excluding hydrogens is 314 g/mol. The number of nitrogens with zero attached hydrogens (tertiary/aromatic N) is 3. The van der Waals surface area contributed by atoms with Gasteiger partial charge in [-0.2, -0.15) is 17.0 Å². The molecule has 0 amide bonds. The highest BCUT2D eigenvalue weighted by atomic mass is 32.2. The minimum atomic E-state index is -3.32. The molecule has 0 radical (unpaired) electrons. The van der Waals surface area contributed by atoms with Gasteiger partial charge in [-0.25, -0.2) is 0 Å². The molecule has 0 aromatic carbocycles. The van der Waals surface area contributed by atoms with E-state index in [2.05, 4.69) is 25.7 Å². The van der Waals surface area contributed by atoms with Crippen molar-refractivity contribution in [2.24, 2.45) is 5.92 Å². The van der Waals surface area contributed by atoms with Crippen molar-refractivity contribution >= 4 is 10.2 Å². The third kappa shape index (κ3) is 4.45. The Hall–Kier alpha value is -0.210. The summed E-state index contributed by atoms with van der Waals surface area (Å²) in [6, 6.07) is 0.791. The zero-order valence-corrected chi connectivity index (χ0v) is 15.9. The van der Waals surface area contributed by atoms with E-state index in [9.17, 15) is 8.42 Å². The first-order valence-electron chi connectivity index (χ1n) is 8.90. The fraction of sp³-hybridized carbons (Fsp3) is 1.00. The van der Waals surface area contributed by atoms with Crippen molar-refractivity contribution in [1.82, 2.24) is 13.5 Å². The van der Waals surface area contributed by atoms with Gasteiger partial charge in [-0.05, 0) is 39.0 Å². The highest BCUT2D eigenvalue weighted by Gasteiger charge is 2.37. The predicted octanol–water partition coefficient (Wildman–Crippen LogP) is 1.39. The maximum absolute atomic E-state index is 12.9. The zero-order valence-electron chi connectivity index (χ0n) is 15.1. The molecule has 1 atom stereocenters. The molecule has 1 unspecified atom stereocenters. The lowest BCUT2D eigenvalue weighted by Gasteiger charge is -2.44. The number of methoxy groups -OCH3 is 1. The standard InChI is InChI=1S/C16H33N3O3S/c1-5-16-12-18(10-11-19(16)14(2)3)23(20,21)17-8-6-15(7-9-17)13-22-4/h14-16H,5-13H2,1-4H3. The Labute approximate surface area is 141 Å². The van der Waals surface area contributed by atoms with Crippen LogP contribution in [0.25, 0.3) is 0 Å². The SMILES string of the molecule is CCC1CN(S(=O)(=O)N2CCC(COC)CC2)CCN1C(C)C. The summed E-state index contributed by atoms with van der Waals surface area (Å²) in [6.45, 7) is 10.6. The first-order valence-corrected chi connectivity index (χ1v) is 10.3. The number of hydrogen-bond acceptors (Lipinski definition) is 4. The smallest absolute Gasteiger partial charge is 0.282 e. The van der Waals surface area contributed by atoms with Gasteiger partial charge in [0.25, 0.3) is 10.2 Å². The van der Waals surface area contributed by atoms with E-state index < -0.39 is 10.2 Å². The molecule has 2 aliphatic rings. The van der Waals surface area contributed by atoms with E-state index >= 15 is 0 Å². The quantitative estimate of drug-likeness (QED) is 0.729. The normalized spacial score (nSPS) is 26.9. The van der Waals surface area contributed by atoms with Gasteiger partial charge in [-0.15, -0.1) is 0 Å². The molecule has 7 heteroatoms. The van der Waals surface area contributed by atoms with E-state index in [1.54, 1.807) is 15.7 Å². The number of piperidine rings is 1. The van der Waals surface area contributed by atoms with Gasteiger partial charge in [0.1, 0.15) is 0 Å². The minimum Gasteiger partial charge on any atom is -0.384 e. The highest BCUT2D eigenvalue weighted by molar-refractivity contribution is 7.86. The Morgan fingerprint density at radius 1 is 1.09 bits per heavy atom. The van der Waals surface area contributed by atoms with Gasteiger partial charge in [0.15, 0.2) is 0 Å². The van der Waals surface area contributed by atoms with Crippen LogP contribution in [0.15, 0.2) is 0 Å². The molecule has 2 aliphatic heterocycles. The monoisotopic (exact) mass is 347 g/mol. The predicted molar refractivity (Wildman–Crippen MR) is 92.6 cm³/mol. The summed E-state index contributed by atoms with van der Waals surface area (Å²) >= 11 is 0. The van der Waals surface area contributed by atoms with Gasteiger partial charge in [-0.3, -0.25) is 4.90 Å². The van der Waals surface area contributed by atoms with Crippen molar-refractivity contribution in [2.75, 3.05) is 46.4 Å². The highest BCUT2D eigenvalue weighted by Crippen LogP contribution is 2.24. The van der Waals surface area contributed by atoms with E-state index in [0.717, 1.165) is 32.4 Å². The number of ether oxygens (including phenoxy) is 1. The van der Waals surface area contributed by atoms with Gasteiger partial charge in [0, 0.05) is 58.5 Å². The molecule has 2 heterocycles. The zero-order chi connectivity index (χ0) is 17.0. The second kappa shape index (κ2) is 8.25. The summed E-state index contributed by atoms with van der Waals surface area (Å²) in [5.74, 6) is 0.493. The van der Waals surface area contributed by atoms with Crippen LogP contribution in [0.4, 0.5) is 0 Å². The van der Waals surface area contributed by atoms with Crippen molar-refractivity contribution in [2.45, 2.75) is 52.1 Å². The maximum Gasteiger partial charge on any atom is 0.282 e. The van der Waals surface area contributed by atoms with Crippen LogP contribution in [-0.4, -0.2) is 80.5 Å². The third-order valence-corrected chi connectivity index (χ3v) is 7.26. The van der Waals surface area contributed by atoms with Crippen LogP contribution in [0.5, 0.6) is 0 Å². The lowest BCUT2D eigenvalue weighted by atomic mass is 9.99. The number of piperazine rings is 1. The molecule has 0 N–H and O–H groups in total. The largest absolute Gasteiger partial charge is 0.384 e. The van der Waals surface area contributed by atoms with Crippen molar-refractivity contribution in [3.05, 3.63) is 0 Å². The molecule has 6 nitrogen and oxygen atoms in total. The first-order chi connectivity index (χ1) is 10.9. The summed E-state index contributed by atoms with van der Waals surface area (Å²) in [4.78, 5) is 2.43.